The van der Waals surface area contributed by atoms with Gasteiger partial charge in [0.25, 0.3) is 5.91 Å². The van der Waals surface area contributed by atoms with Gasteiger partial charge in [-0.3, -0.25) is 9.78 Å². The van der Waals surface area contributed by atoms with Crippen LogP contribution in [-0.2, 0) is 13.1 Å². The maximum atomic E-state index is 12.7. The maximum Gasteiger partial charge on any atom is 0.254 e. The van der Waals surface area contributed by atoms with E-state index in [0.29, 0.717) is 18.7 Å². The van der Waals surface area contributed by atoms with Crippen LogP contribution in [0.2, 0.25) is 0 Å². The van der Waals surface area contributed by atoms with Gasteiger partial charge in [-0.2, -0.15) is 0 Å². The molecule has 1 amide bonds. The molecule has 0 bridgehead atoms. The lowest BCUT2D eigenvalue weighted by molar-refractivity contribution is 0.0780. The van der Waals surface area contributed by atoms with Gasteiger partial charge in [-0.05, 0) is 42.8 Å². The predicted molar refractivity (Wildman–Crippen MR) is 116 cm³/mol. The number of ether oxygens (including phenoxy) is 1. The Labute approximate surface area is 175 Å². The van der Waals surface area contributed by atoms with Gasteiger partial charge in [-0.15, -0.1) is 0 Å². The summed E-state index contributed by atoms with van der Waals surface area (Å²) in [5, 5.41) is 0. The van der Waals surface area contributed by atoms with E-state index in [9.17, 15) is 4.79 Å². The molecule has 0 spiro atoms. The highest BCUT2D eigenvalue weighted by atomic mass is 16.5. The van der Waals surface area contributed by atoms with Gasteiger partial charge in [0.2, 0.25) is 0 Å². The van der Waals surface area contributed by atoms with E-state index in [1.807, 2.05) is 48.5 Å². The molecule has 152 valence electrons. The number of aryl methyl sites for hydroxylation is 1. The number of fused-ring (bicyclic) bond motifs is 1. The monoisotopic (exact) mass is 400 g/mol. The molecule has 0 atom stereocenters. The normalized spacial score (nSPS) is 10.8. The molecule has 0 aliphatic carbocycles. The lowest BCUT2D eigenvalue weighted by Crippen LogP contribution is -2.28. The first-order valence-electron chi connectivity index (χ1n) is 10.00. The van der Waals surface area contributed by atoms with E-state index in [1.165, 1.54) is 0 Å². The highest BCUT2D eigenvalue weighted by Crippen LogP contribution is 2.19. The van der Waals surface area contributed by atoms with E-state index >= 15 is 0 Å². The second-order valence-corrected chi connectivity index (χ2v) is 7.08. The molecule has 0 saturated carbocycles. The van der Waals surface area contributed by atoms with E-state index in [2.05, 4.69) is 15.6 Å². The SMILES string of the molecule is CN(Cc1nc2ccccc2n1CCCOc1ccccc1)C(=O)c1ccncc1. The number of amides is 1. The van der Waals surface area contributed by atoms with Crippen molar-refractivity contribution in [3.05, 3.63) is 90.5 Å². The Bertz CT molecular complexity index is 1110. The molecule has 2 aromatic heterocycles. The van der Waals surface area contributed by atoms with Crippen molar-refractivity contribution in [2.45, 2.75) is 19.5 Å². The minimum atomic E-state index is -0.0524. The van der Waals surface area contributed by atoms with E-state index < -0.39 is 0 Å². The zero-order chi connectivity index (χ0) is 20.8. The number of hydrogen-bond donors (Lipinski definition) is 0. The fraction of sp³-hybridized carbons (Fsp3) is 0.208. The van der Waals surface area contributed by atoms with Gasteiger partial charge < -0.3 is 14.2 Å². The molecule has 6 heteroatoms. The molecule has 0 aliphatic rings. The third-order valence-corrected chi connectivity index (χ3v) is 4.92. The summed E-state index contributed by atoms with van der Waals surface area (Å²) in [6.45, 7) is 1.80. The number of benzene rings is 2. The molecule has 4 aromatic rings. The number of nitrogens with zero attached hydrogens (tertiary/aromatic N) is 4. The van der Waals surface area contributed by atoms with E-state index in [1.54, 1.807) is 36.5 Å². The predicted octanol–water partition coefficient (Wildman–Crippen LogP) is 4.17. The van der Waals surface area contributed by atoms with Gasteiger partial charge in [0.1, 0.15) is 11.6 Å². The Hall–Kier alpha value is -3.67. The van der Waals surface area contributed by atoms with Gasteiger partial charge >= 0.3 is 0 Å². The average Bonchev–Trinajstić information content (AvgIpc) is 3.14. The van der Waals surface area contributed by atoms with Crippen LogP contribution in [0, 0.1) is 0 Å². The number of aromatic nitrogens is 3. The topological polar surface area (TPSA) is 60.2 Å². The van der Waals surface area contributed by atoms with Crippen LogP contribution in [0.1, 0.15) is 22.6 Å². The molecule has 0 unspecified atom stereocenters. The van der Waals surface area contributed by atoms with Gasteiger partial charge in [0.05, 0.1) is 24.2 Å². The first-order valence-corrected chi connectivity index (χ1v) is 10.00. The van der Waals surface area contributed by atoms with Crippen molar-refractivity contribution in [1.29, 1.82) is 0 Å². The Morgan fingerprint density at radius 1 is 1.00 bits per heavy atom. The number of para-hydroxylation sites is 3. The molecule has 2 heterocycles. The quantitative estimate of drug-likeness (QED) is 0.417. The first kappa shape index (κ1) is 19.6. The summed E-state index contributed by atoms with van der Waals surface area (Å²) in [5.41, 5.74) is 2.62. The van der Waals surface area contributed by atoms with Crippen LogP contribution in [-0.4, -0.2) is 39.0 Å². The van der Waals surface area contributed by atoms with Crippen LogP contribution in [0.5, 0.6) is 5.75 Å². The molecule has 6 nitrogen and oxygen atoms in total. The minimum Gasteiger partial charge on any atom is -0.494 e. The lowest BCUT2D eigenvalue weighted by Gasteiger charge is -2.18. The molecule has 0 radical (unpaired) electrons. The summed E-state index contributed by atoms with van der Waals surface area (Å²) in [5.74, 6) is 1.68. The summed E-state index contributed by atoms with van der Waals surface area (Å²) in [7, 11) is 1.80. The third-order valence-electron chi connectivity index (χ3n) is 4.92. The fourth-order valence-electron chi connectivity index (χ4n) is 3.42. The van der Waals surface area contributed by atoms with Crippen molar-refractivity contribution in [3.63, 3.8) is 0 Å². The number of imidazole rings is 1. The molecule has 30 heavy (non-hydrogen) atoms. The summed E-state index contributed by atoms with van der Waals surface area (Å²) in [6.07, 6.45) is 4.09. The summed E-state index contributed by atoms with van der Waals surface area (Å²) >= 11 is 0. The molecule has 4 rings (SSSR count). The number of carbonyl (C=O) groups is 1. The third kappa shape index (κ3) is 4.49. The van der Waals surface area contributed by atoms with Crippen LogP contribution in [0.25, 0.3) is 11.0 Å². The molecule has 0 saturated heterocycles. The molecule has 0 fully saturated rings. The van der Waals surface area contributed by atoms with Gasteiger partial charge in [-0.25, -0.2) is 4.98 Å². The summed E-state index contributed by atoms with van der Waals surface area (Å²) < 4.78 is 8.01. The van der Waals surface area contributed by atoms with Crippen molar-refractivity contribution in [2.24, 2.45) is 0 Å². The highest BCUT2D eigenvalue weighted by molar-refractivity contribution is 5.93. The number of pyridine rings is 1. The minimum absolute atomic E-state index is 0.0524. The first-order chi connectivity index (χ1) is 14.7. The van der Waals surface area contributed by atoms with Crippen molar-refractivity contribution in [1.82, 2.24) is 19.4 Å². The lowest BCUT2D eigenvalue weighted by atomic mass is 10.2. The number of hydrogen-bond acceptors (Lipinski definition) is 4. The van der Waals surface area contributed by atoms with Crippen LogP contribution in [0.3, 0.4) is 0 Å². The van der Waals surface area contributed by atoms with Crippen molar-refractivity contribution < 1.29 is 9.53 Å². The Morgan fingerprint density at radius 3 is 2.53 bits per heavy atom. The summed E-state index contributed by atoms with van der Waals surface area (Å²) in [6, 6.07) is 21.3. The van der Waals surface area contributed by atoms with Crippen LogP contribution in [0.4, 0.5) is 0 Å². The zero-order valence-corrected chi connectivity index (χ0v) is 16.9. The van der Waals surface area contributed by atoms with Crippen LogP contribution in [0.15, 0.2) is 79.1 Å². The van der Waals surface area contributed by atoms with E-state index in [-0.39, 0.29) is 5.91 Å². The number of rotatable bonds is 8. The van der Waals surface area contributed by atoms with Crippen molar-refractivity contribution in [3.8, 4) is 5.75 Å². The highest BCUT2D eigenvalue weighted by Gasteiger charge is 2.17. The molecule has 0 aliphatic heterocycles. The van der Waals surface area contributed by atoms with E-state index in [0.717, 1.165) is 35.6 Å². The molecular weight excluding hydrogens is 376 g/mol. The van der Waals surface area contributed by atoms with E-state index in [4.69, 9.17) is 9.72 Å². The molecule has 0 N–H and O–H groups in total. The summed E-state index contributed by atoms with van der Waals surface area (Å²) in [4.78, 5) is 23.2. The second-order valence-electron chi connectivity index (χ2n) is 7.08. The second kappa shape index (κ2) is 9.22. The molecule has 2 aromatic carbocycles. The van der Waals surface area contributed by atoms with Crippen LogP contribution < -0.4 is 4.74 Å². The van der Waals surface area contributed by atoms with Gasteiger partial charge in [0.15, 0.2) is 0 Å². The van der Waals surface area contributed by atoms with Crippen LogP contribution >= 0.6 is 0 Å². The van der Waals surface area contributed by atoms with Crippen molar-refractivity contribution in [2.75, 3.05) is 13.7 Å². The standard InChI is InChI=1S/C24H24N4O2/c1-27(24(29)19-12-14-25-15-13-19)18-23-26-21-10-5-6-11-22(21)28(23)16-7-17-30-20-8-3-2-4-9-20/h2-6,8-15H,7,16-18H2,1H3. The average molecular weight is 400 g/mol. The maximum absolute atomic E-state index is 12.7. The van der Waals surface area contributed by atoms with Gasteiger partial charge in [-0.1, -0.05) is 30.3 Å². The molecular formula is C24H24N4O2. The zero-order valence-electron chi connectivity index (χ0n) is 16.9. The fourth-order valence-corrected chi connectivity index (χ4v) is 3.42. The Balaban J connectivity index is 1.48. The Kier molecular flexibility index (Phi) is 6.03. The largest absolute Gasteiger partial charge is 0.494 e. The van der Waals surface area contributed by atoms with Gasteiger partial charge in [0, 0.05) is 31.5 Å². The smallest absolute Gasteiger partial charge is 0.254 e. The Morgan fingerprint density at radius 2 is 1.73 bits per heavy atom. The van der Waals surface area contributed by atoms with Crippen molar-refractivity contribution >= 4 is 16.9 Å². The number of carbonyl (C=O) groups excluding carboxylic acids is 1.